The van der Waals surface area contributed by atoms with Gasteiger partial charge < -0.3 is 19.3 Å². The van der Waals surface area contributed by atoms with E-state index in [2.05, 4.69) is 72.2 Å². The summed E-state index contributed by atoms with van der Waals surface area (Å²) >= 11 is 0. The first kappa shape index (κ1) is 24.3. The largest absolute Gasteiger partial charge is 0.494 e. The number of ether oxygens (including phenoxy) is 2. The number of rotatable bonds is 14. The van der Waals surface area contributed by atoms with Gasteiger partial charge in [-0.3, -0.25) is 0 Å². The van der Waals surface area contributed by atoms with Gasteiger partial charge in [-0.15, -0.1) is 0 Å². The molecule has 3 rings (SSSR count). The second-order valence-corrected chi connectivity index (χ2v) is 8.78. The van der Waals surface area contributed by atoms with Crippen molar-refractivity contribution in [3.8, 4) is 11.5 Å². The fourth-order valence-corrected chi connectivity index (χ4v) is 4.17. The summed E-state index contributed by atoms with van der Waals surface area (Å²) in [5.74, 6) is 1.97. The summed E-state index contributed by atoms with van der Waals surface area (Å²) in [4.78, 5) is 4.94. The van der Waals surface area contributed by atoms with E-state index in [1.807, 2.05) is 0 Å². The molecule has 2 aromatic rings. The molecule has 0 aliphatic carbocycles. The fraction of sp³-hybridized carbons (Fsp3) is 0.571. The van der Waals surface area contributed by atoms with Crippen LogP contribution >= 0.6 is 0 Å². The highest BCUT2D eigenvalue weighted by Crippen LogP contribution is 2.24. The third-order valence-corrected chi connectivity index (χ3v) is 6.22. The van der Waals surface area contributed by atoms with Gasteiger partial charge in [-0.2, -0.15) is 0 Å². The van der Waals surface area contributed by atoms with Gasteiger partial charge in [0.2, 0.25) is 0 Å². The van der Waals surface area contributed by atoms with Gasteiger partial charge in [-0.25, -0.2) is 0 Å². The zero-order valence-corrected chi connectivity index (χ0v) is 20.2. The molecule has 0 saturated carbocycles. The zero-order chi connectivity index (χ0) is 22.4. The highest BCUT2D eigenvalue weighted by atomic mass is 16.5. The van der Waals surface area contributed by atoms with E-state index in [-0.39, 0.29) is 0 Å². The molecule has 0 spiro atoms. The summed E-state index contributed by atoms with van der Waals surface area (Å²) in [5, 5.41) is 0. The molecule has 2 aromatic carbocycles. The summed E-state index contributed by atoms with van der Waals surface area (Å²) in [5.41, 5.74) is 2.57. The zero-order valence-electron chi connectivity index (χ0n) is 20.2. The van der Waals surface area contributed by atoms with Crippen LogP contribution in [0.4, 0.5) is 11.4 Å². The quantitative estimate of drug-likeness (QED) is 0.299. The molecule has 0 bridgehead atoms. The standard InChI is InChI=1S/C28H42N2O2/c1-3-5-7-9-23-31-27-15-11-25(12-16-27)29-19-21-30(22-20-29)26-13-17-28(18-14-26)32-24-10-8-6-4-2/h11-18H,3-10,19-24H2,1-2H3. The molecule has 32 heavy (non-hydrogen) atoms. The van der Waals surface area contributed by atoms with Gasteiger partial charge in [-0.05, 0) is 61.4 Å². The van der Waals surface area contributed by atoms with E-state index in [0.717, 1.165) is 63.7 Å². The van der Waals surface area contributed by atoms with Gasteiger partial charge in [0.25, 0.3) is 0 Å². The Morgan fingerprint density at radius 3 is 1.25 bits per heavy atom. The number of hydrogen-bond acceptors (Lipinski definition) is 4. The molecule has 1 aliphatic heterocycles. The minimum absolute atomic E-state index is 0.820. The Balaban J connectivity index is 1.39. The third-order valence-electron chi connectivity index (χ3n) is 6.22. The third kappa shape index (κ3) is 7.96. The molecule has 0 unspecified atom stereocenters. The van der Waals surface area contributed by atoms with E-state index in [1.54, 1.807) is 0 Å². The highest BCUT2D eigenvalue weighted by Gasteiger charge is 2.17. The Hall–Kier alpha value is -2.36. The van der Waals surface area contributed by atoms with Gasteiger partial charge in [0.05, 0.1) is 13.2 Å². The van der Waals surface area contributed by atoms with Crippen LogP contribution in [-0.2, 0) is 0 Å². The fourth-order valence-electron chi connectivity index (χ4n) is 4.17. The van der Waals surface area contributed by atoms with Crippen LogP contribution < -0.4 is 19.3 Å². The lowest BCUT2D eigenvalue weighted by molar-refractivity contribution is 0.305. The van der Waals surface area contributed by atoms with E-state index < -0.39 is 0 Å². The topological polar surface area (TPSA) is 24.9 Å². The summed E-state index contributed by atoms with van der Waals surface area (Å²) in [6, 6.07) is 17.2. The maximum absolute atomic E-state index is 5.88. The predicted molar refractivity (Wildman–Crippen MR) is 137 cm³/mol. The van der Waals surface area contributed by atoms with Crippen LogP contribution in [-0.4, -0.2) is 39.4 Å². The maximum Gasteiger partial charge on any atom is 0.119 e. The number of hydrogen-bond donors (Lipinski definition) is 0. The molecule has 4 heteroatoms. The van der Waals surface area contributed by atoms with E-state index in [1.165, 1.54) is 49.9 Å². The molecule has 1 aliphatic rings. The lowest BCUT2D eigenvalue weighted by Crippen LogP contribution is -2.46. The molecule has 0 N–H and O–H groups in total. The Morgan fingerprint density at radius 2 is 0.906 bits per heavy atom. The van der Waals surface area contributed by atoms with Crippen molar-refractivity contribution in [3.63, 3.8) is 0 Å². The van der Waals surface area contributed by atoms with Gasteiger partial charge in [0.1, 0.15) is 11.5 Å². The first-order valence-electron chi connectivity index (χ1n) is 12.8. The minimum Gasteiger partial charge on any atom is -0.494 e. The van der Waals surface area contributed by atoms with E-state index in [0.29, 0.717) is 0 Å². The van der Waals surface area contributed by atoms with Crippen molar-refractivity contribution < 1.29 is 9.47 Å². The maximum atomic E-state index is 5.88. The molecule has 4 nitrogen and oxygen atoms in total. The Morgan fingerprint density at radius 1 is 0.531 bits per heavy atom. The molecular formula is C28H42N2O2. The van der Waals surface area contributed by atoms with E-state index >= 15 is 0 Å². The molecule has 0 radical (unpaired) electrons. The van der Waals surface area contributed by atoms with Crippen LogP contribution in [0.5, 0.6) is 11.5 Å². The summed E-state index contributed by atoms with van der Waals surface area (Å²) in [7, 11) is 0. The number of anilines is 2. The van der Waals surface area contributed by atoms with Crippen LogP contribution in [0, 0.1) is 0 Å². The second-order valence-electron chi connectivity index (χ2n) is 8.78. The monoisotopic (exact) mass is 438 g/mol. The van der Waals surface area contributed by atoms with Crippen LogP contribution in [0.15, 0.2) is 48.5 Å². The minimum atomic E-state index is 0.820. The summed E-state index contributed by atoms with van der Waals surface area (Å²) in [6.07, 6.45) is 9.92. The van der Waals surface area contributed by atoms with Crippen molar-refractivity contribution in [2.45, 2.75) is 65.2 Å². The van der Waals surface area contributed by atoms with Crippen molar-refractivity contribution in [1.29, 1.82) is 0 Å². The van der Waals surface area contributed by atoms with Crippen molar-refractivity contribution in [2.75, 3.05) is 49.2 Å². The normalized spacial score (nSPS) is 13.9. The number of nitrogens with zero attached hydrogens (tertiary/aromatic N) is 2. The van der Waals surface area contributed by atoms with Crippen molar-refractivity contribution in [3.05, 3.63) is 48.5 Å². The Labute approximate surface area is 195 Å². The van der Waals surface area contributed by atoms with Gasteiger partial charge in [0.15, 0.2) is 0 Å². The average Bonchev–Trinajstić information content (AvgIpc) is 2.85. The predicted octanol–water partition coefficient (Wildman–Crippen LogP) is 6.93. The first-order chi connectivity index (χ1) is 15.8. The number of benzene rings is 2. The molecule has 0 atom stereocenters. The van der Waals surface area contributed by atoms with Gasteiger partial charge in [-0.1, -0.05) is 52.4 Å². The summed E-state index contributed by atoms with van der Waals surface area (Å²) in [6.45, 7) is 10.3. The van der Waals surface area contributed by atoms with E-state index in [9.17, 15) is 0 Å². The molecule has 0 aromatic heterocycles. The van der Waals surface area contributed by atoms with Crippen molar-refractivity contribution in [1.82, 2.24) is 0 Å². The number of unbranched alkanes of at least 4 members (excludes halogenated alkanes) is 6. The molecular weight excluding hydrogens is 396 g/mol. The lowest BCUT2D eigenvalue weighted by atomic mass is 10.2. The summed E-state index contributed by atoms with van der Waals surface area (Å²) < 4.78 is 11.8. The van der Waals surface area contributed by atoms with Crippen LogP contribution in [0.25, 0.3) is 0 Å². The Bertz CT molecular complexity index is 672. The molecule has 1 saturated heterocycles. The lowest BCUT2D eigenvalue weighted by Gasteiger charge is -2.37. The average molecular weight is 439 g/mol. The smallest absolute Gasteiger partial charge is 0.119 e. The SMILES string of the molecule is CCCCCCOc1ccc(N2CCN(c3ccc(OCCCCCC)cc3)CC2)cc1. The van der Waals surface area contributed by atoms with Crippen LogP contribution in [0.3, 0.4) is 0 Å². The Kier molecular flexibility index (Phi) is 10.6. The first-order valence-corrected chi connectivity index (χ1v) is 12.8. The van der Waals surface area contributed by atoms with Gasteiger partial charge >= 0.3 is 0 Å². The van der Waals surface area contributed by atoms with Gasteiger partial charge in [0, 0.05) is 37.6 Å². The molecule has 1 heterocycles. The van der Waals surface area contributed by atoms with Crippen LogP contribution in [0.1, 0.15) is 65.2 Å². The van der Waals surface area contributed by atoms with Crippen LogP contribution in [0.2, 0.25) is 0 Å². The molecule has 0 amide bonds. The molecule has 176 valence electrons. The van der Waals surface area contributed by atoms with Crippen molar-refractivity contribution >= 4 is 11.4 Å². The highest BCUT2D eigenvalue weighted by molar-refractivity contribution is 5.54. The van der Waals surface area contributed by atoms with E-state index in [4.69, 9.17) is 9.47 Å². The van der Waals surface area contributed by atoms with Crippen molar-refractivity contribution in [2.24, 2.45) is 0 Å². The molecule has 1 fully saturated rings. The number of piperazine rings is 1. The second kappa shape index (κ2) is 13.9.